The highest BCUT2D eigenvalue weighted by molar-refractivity contribution is 6.31. The van der Waals surface area contributed by atoms with E-state index in [1.54, 1.807) is 12.1 Å². The van der Waals surface area contributed by atoms with Crippen LogP contribution in [0.3, 0.4) is 0 Å². The number of benzene rings is 2. The molecule has 4 rings (SSSR count). The molecule has 2 aromatic rings. The molecule has 4 N–H and O–H groups in total. The van der Waals surface area contributed by atoms with Crippen molar-refractivity contribution in [3.05, 3.63) is 64.2 Å². The largest absolute Gasteiger partial charge is 0.488 e. The quantitative estimate of drug-likeness (QED) is 0.529. The zero-order chi connectivity index (χ0) is 22.0. The zero-order valence-electron chi connectivity index (χ0n) is 16.9. The third-order valence-corrected chi connectivity index (χ3v) is 6.17. The Hall–Kier alpha value is -1.71. The van der Waals surface area contributed by atoms with E-state index in [4.69, 9.17) is 25.8 Å². The van der Waals surface area contributed by atoms with Crippen LogP contribution in [0.5, 0.6) is 5.75 Å². The molecule has 168 valence electrons. The minimum atomic E-state index is -1.42. The highest BCUT2D eigenvalue weighted by Gasteiger charge is 2.44. The van der Waals surface area contributed by atoms with E-state index in [1.165, 1.54) is 0 Å². The van der Waals surface area contributed by atoms with Gasteiger partial charge in [-0.3, -0.25) is 0 Å². The third kappa shape index (κ3) is 5.04. The first-order chi connectivity index (χ1) is 15.0. The van der Waals surface area contributed by atoms with Gasteiger partial charge in [-0.1, -0.05) is 35.9 Å². The standard InChI is InChI=1S/C23H27ClO7/c24-18-6-3-14(23-22(28)21(27)20(26)19(11-25)31-23)10-15(18)9-13-1-4-16(5-2-13)30-17-7-8-29-12-17/h1-6,10,17,19-23,25-28H,7-9,11-12H2/t17-,19?,20?,21?,22?,23?/m0/s1. The van der Waals surface area contributed by atoms with Crippen molar-refractivity contribution in [2.24, 2.45) is 0 Å². The Morgan fingerprint density at radius 3 is 2.45 bits per heavy atom. The van der Waals surface area contributed by atoms with Crippen LogP contribution >= 0.6 is 11.6 Å². The van der Waals surface area contributed by atoms with Crippen LogP contribution in [0.1, 0.15) is 29.2 Å². The van der Waals surface area contributed by atoms with Crippen LogP contribution in [0.2, 0.25) is 5.02 Å². The van der Waals surface area contributed by atoms with Crippen LogP contribution in [0, 0.1) is 0 Å². The molecule has 2 aromatic carbocycles. The summed E-state index contributed by atoms with van der Waals surface area (Å²) in [6.45, 7) is 0.872. The Kier molecular flexibility index (Phi) is 7.13. The third-order valence-electron chi connectivity index (χ3n) is 5.80. The maximum Gasteiger partial charge on any atom is 0.124 e. The van der Waals surface area contributed by atoms with E-state index in [1.807, 2.05) is 30.3 Å². The van der Waals surface area contributed by atoms with Gasteiger partial charge in [0.1, 0.15) is 42.4 Å². The van der Waals surface area contributed by atoms with Gasteiger partial charge in [0.2, 0.25) is 0 Å². The molecule has 7 nitrogen and oxygen atoms in total. The van der Waals surface area contributed by atoms with Crippen molar-refractivity contribution in [2.75, 3.05) is 19.8 Å². The molecule has 2 aliphatic rings. The molecular formula is C23H27ClO7. The topological polar surface area (TPSA) is 109 Å². The van der Waals surface area contributed by atoms with Crippen molar-refractivity contribution in [3.63, 3.8) is 0 Å². The average Bonchev–Trinajstić information content (AvgIpc) is 3.28. The fourth-order valence-electron chi connectivity index (χ4n) is 3.99. The van der Waals surface area contributed by atoms with Gasteiger partial charge in [0, 0.05) is 11.4 Å². The number of ether oxygens (including phenoxy) is 3. The fraction of sp³-hybridized carbons (Fsp3) is 0.478. The molecule has 2 saturated heterocycles. The average molecular weight is 451 g/mol. The summed E-state index contributed by atoms with van der Waals surface area (Å²) in [5.41, 5.74) is 2.47. The van der Waals surface area contributed by atoms with Gasteiger partial charge in [0.25, 0.3) is 0 Å². The van der Waals surface area contributed by atoms with Gasteiger partial charge in [-0.2, -0.15) is 0 Å². The molecule has 0 radical (unpaired) electrons. The van der Waals surface area contributed by atoms with Gasteiger partial charge < -0.3 is 34.6 Å². The van der Waals surface area contributed by atoms with Gasteiger partial charge in [-0.05, 0) is 41.3 Å². The second-order valence-corrected chi connectivity index (χ2v) is 8.43. The molecule has 0 aromatic heterocycles. The van der Waals surface area contributed by atoms with Gasteiger partial charge in [0.15, 0.2) is 0 Å². The fourth-order valence-corrected chi connectivity index (χ4v) is 4.17. The van der Waals surface area contributed by atoms with Crippen molar-refractivity contribution in [2.45, 2.75) is 49.5 Å². The molecule has 6 atom stereocenters. The molecule has 8 heteroatoms. The Balaban J connectivity index is 1.49. The van der Waals surface area contributed by atoms with Crippen molar-refractivity contribution in [1.29, 1.82) is 0 Å². The lowest BCUT2D eigenvalue weighted by Gasteiger charge is -2.40. The lowest BCUT2D eigenvalue weighted by atomic mass is 9.90. The van der Waals surface area contributed by atoms with Crippen LogP contribution in [0.15, 0.2) is 42.5 Å². The number of hydrogen-bond acceptors (Lipinski definition) is 7. The van der Waals surface area contributed by atoms with Crippen LogP contribution in [0.25, 0.3) is 0 Å². The highest BCUT2D eigenvalue weighted by atomic mass is 35.5. The lowest BCUT2D eigenvalue weighted by molar-refractivity contribution is -0.231. The summed E-state index contributed by atoms with van der Waals surface area (Å²) in [5.74, 6) is 0.792. The van der Waals surface area contributed by atoms with Crippen molar-refractivity contribution >= 4 is 11.6 Å². The van der Waals surface area contributed by atoms with Crippen molar-refractivity contribution in [1.82, 2.24) is 0 Å². The van der Waals surface area contributed by atoms with Crippen molar-refractivity contribution in [3.8, 4) is 5.75 Å². The summed E-state index contributed by atoms with van der Waals surface area (Å²) in [4.78, 5) is 0. The number of aliphatic hydroxyl groups is 4. The summed E-state index contributed by atoms with van der Waals surface area (Å²) in [5, 5.41) is 40.5. The number of hydrogen-bond donors (Lipinski definition) is 4. The Morgan fingerprint density at radius 1 is 1.00 bits per heavy atom. The first-order valence-electron chi connectivity index (χ1n) is 10.4. The maximum atomic E-state index is 10.4. The molecule has 2 fully saturated rings. The minimum absolute atomic E-state index is 0.0931. The summed E-state index contributed by atoms with van der Waals surface area (Å²) in [6, 6.07) is 13.0. The molecule has 5 unspecified atom stereocenters. The summed E-state index contributed by atoms with van der Waals surface area (Å²) < 4.78 is 16.9. The molecular weight excluding hydrogens is 424 g/mol. The Labute approximate surface area is 185 Å². The van der Waals surface area contributed by atoms with E-state index in [9.17, 15) is 20.4 Å². The zero-order valence-corrected chi connectivity index (χ0v) is 17.7. The Bertz CT molecular complexity index is 867. The van der Waals surface area contributed by atoms with E-state index >= 15 is 0 Å². The highest BCUT2D eigenvalue weighted by Crippen LogP contribution is 2.34. The number of halogens is 1. The van der Waals surface area contributed by atoms with Crippen LogP contribution in [0.4, 0.5) is 0 Å². The number of rotatable bonds is 6. The molecule has 2 aliphatic heterocycles. The summed E-state index contributed by atoms with van der Waals surface area (Å²) in [7, 11) is 0. The van der Waals surface area contributed by atoms with E-state index in [0.717, 1.165) is 29.9 Å². The number of aliphatic hydroxyl groups excluding tert-OH is 4. The van der Waals surface area contributed by atoms with Gasteiger partial charge in [-0.25, -0.2) is 0 Å². The predicted molar refractivity (Wildman–Crippen MR) is 113 cm³/mol. The maximum absolute atomic E-state index is 10.4. The SMILES string of the molecule is OCC1OC(c2ccc(Cl)c(Cc3ccc(O[C@H]4CCOC4)cc3)c2)C(O)C(O)C1O. The smallest absolute Gasteiger partial charge is 0.124 e. The van der Waals surface area contributed by atoms with E-state index < -0.39 is 37.1 Å². The second-order valence-electron chi connectivity index (χ2n) is 8.02. The lowest BCUT2D eigenvalue weighted by Crippen LogP contribution is -2.55. The molecule has 0 amide bonds. The van der Waals surface area contributed by atoms with Crippen LogP contribution in [-0.4, -0.2) is 70.8 Å². The molecule has 31 heavy (non-hydrogen) atoms. The van der Waals surface area contributed by atoms with Crippen LogP contribution < -0.4 is 4.74 Å². The van der Waals surface area contributed by atoms with Crippen LogP contribution in [-0.2, 0) is 15.9 Å². The van der Waals surface area contributed by atoms with Crippen molar-refractivity contribution < 1.29 is 34.6 Å². The molecule has 2 heterocycles. The normalized spacial score (nSPS) is 31.0. The van der Waals surface area contributed by atoms with E-state index in [2.05, 4.69) is 0 Å². The van der Waals surface area contributed by atoms with Gasteiger partial charge >= 0.3 is 0 Å². The molecule has 0 spiro atoms. The minimum Gasteiger partial charge on any atom is -0.488 e. The Morgan fingerprint density at radius 2 is 1.77 bits per heavy atom. The monoisotopic (exact) mass is 450 g/mol. The first-order valence-corrected chi connectivity index (χ1v) is 10.8. The summed E-state index contributed by atoms with van der Waals surface area (Å²) in [6.07, 6.45) is -4.46. The first kappa shape index (κ1) is 22.5. The molecule has 0 saturated carbocycles. The summed E-state index contributed by atoms with van der Waals surface area (Å²) >= 11 is 6.40. The predicted octanol–water partition coefficient (Wildman–Crippen LogP) is 1.61. The molecule has 0 bridgehead atoms. The van der Waals surface area contributed by atoms with Gasteiger partial charge in [0.05, 0.1) is 19.8 Å². The second kappa shape index (κ2) is 9.83. The molecule has 0 aliphatic carbocycles. The van der Waals surface area contributed by atoms with Gasteiger partial charge in [-0.15, -0.1) is 0 Å². The van der Waals surface area contributed by atoms with E-state index in [-0.39, 0.29) is 6.10 Å². The van der Waals surface area contributed by atoms with E-state index in [0.29, 0.717) is 23.6 Å².